The predicted molar refractivity (Wildman–Crippen MR) is 81.7 cm³/mol. The Morgan fingerprint density at radius 3 is 2.33 bits per heavy atom. The molecular weight excluding hydrogens is 351 g/mol. The number of alkyl halides is 3. The van der Waals surface area contributed by atoms with E-state index in [4.69, 9.17) is 16.3 Å². The lowest BCUT2D eigenvalue weighted by atomic mass is 10.2. The van der Waals surface area contributed by atoms with Crippen LogP contribution >= 0.6 is 11.6 Å². The molecule has 0 saturated heterocycles. The number of anilines is 1. The monoisotopic (exact) mass is 367 g/mol. The van der Waals surface area contributed by atoms with E-state index in [2.05, 4.69) is 15.6 Å². The van der Waals surface area contributed by atoms with Gasteiger partial charge in [-0.05, 0) is 33.8 Å². The van der Waals surface area contributed by atoms with Crippen LogP contribution in [-0.2, 0) is 15.7 Å². The van der Waals surface area contributed by atoms with Crippen LogP contribution in [0.15, 0.2) is 12.3 Å². The summed E-state index contributed by atoms with van der Waals surface area (Å²) in [6, 6.07) is -0.0592. The topological polar surface area (TPSA) is 80.3 Å². The number of hydrogen-bond donors (Lipinski definition) is 2. The third-order valence-electron chi connectivity index (χ3n) is 2.50. The Hall–Kier alpha value is -2.03. The zero-order valence-electron chi connectivity index (χ0n) is 13.4. The number of pyridine rings is 1. The van der Waals surface area contributed by atoms with Crippen LogP contribution in [0.25, 0.3) is 0 Å². The first kappa shape index (κ1) is 20.0. The quantitative estimate of drug-likeness (QED) is 0.855. The van der Waals surface area contributed by atoms with E-state index in [0.717, 1.165) is 12.3 Å². The highest BCUT2D eigenvalue weighted by Crippen LogP contribution is 2.33. The van der Waals surface area contributed by atoms with Crippen LogP contribution in [0.3, 0.4) is 0 Å². The summed E-state index contributed by atoms with van der Waals surface area (Å²) >= 11 is 5.51. The summed E-state index contributed by atoms with van der Waals surface area (Å²) in [5.74, 6) is -0.668. The minimum atomic E-state index is -4.69. The van der Waals surface area contributed by atoms with Crippen LogP contribution in [0.2, 0.25) is 5.02 Å². The van der Waals surface area contributed by atoms with Gasteiger partial charge in [0.2, 0.25) is 5.91 Å². The zero-order chi connectivity index (χ0) is 18.7. The van der Waals surface area contributed by atoms with Gasteiger partial charge in [-0.1, -0.05) is 11.6 Å². The molecule has 10 heteroatoms. The van der Waals surface area contributed by atoms with Gasteiger partial charge in [0.25, 0.3) is 0 Å². The van der Waals surface area contributed by atoms with Crippen LogP contribution in [0, 0.1) is 0 Å². The van der Waals surface area contributed by atoms with Gasteiger partial charge >= 0.3 is 12.3 Å². The number of rotatable bonds is 3. The highest BCUT2D eigenvalue weighted by atomic mass is 35.5. The average Bonchev–Trinajstić information content (AvgIpc) is 2.34. The Bertz CT molecular complexity index is 630. The number of halogens is 4. The number of carbonyl (C=O) groups is 2. The van der Waals surface area contributed by atoms with Gasteiger partial charge in [0.05, 0.1) is 16.9 Å². The SMILES string of the molecule is C[C@H](NC(=O)OC(C)(C)C)C(=O)Nc1cnc(C(F)(F)F)c(Cl)c1. The largest absolute Gasteiger partial charge is 0.444 e. The van der Waals surface area contributed by atoms with Gasteiger partial charge in [-0.3, -0.25) is 4.79 Å². The van der Waals surface area contributed by atoms with Crippen molar-refractivity contribution in [2.45, 2.75) is 45.5 Å². The second kappa shape index (κ2) is 7.25. The van der Waals surface area contributed by atoms with Gasteiger partial charge in [0.15, 0.2) is 5.69 Å². The molecule has 0 saturated carbocycles. The Balaban J connectivity index is 2.71. The van der Waals surface area contributed by atoms with Crippen molar-refractivity contribution in [1.29, 1.82) is 0 Å². The van der Waals surface area contributed by atoms with Crippen molar-refractivity contribution in [3.8, 4) is 0 Å². The van der Waals surface area contributed by atoms with Crippen molar-refractivity contribution >= 4 is 29.3 Å². The van der Waals surface area contributed by atoms with E-state index in [1.807, 2.05) is 0 Å². The fourth-order valence-corrected chi connectivity index (χ4v) is 1.79. The molecule has 1 atom stereocenters. The molecule has 0 aliphatic carbocycles. The maximum absolute atomic E-state index is 12.6. The van der Waals surface area contributed by atoms with Gasteiger partial charge in [-0.15, -0.1) is 0 Å². The Labute approximate surface area is 141 Å². The molecule has 0 bridgehead atoms. The molecule has 0 unspecified atom stereocenters. The minimum absolute atomic E-state index is 0.0316. The smallest absolute Gasteiger partial charge is 0.434 e. The number of aromatic nitrogens is 1. The summed E-state index contributed by atoms with van der Waals surface area (Å²) in [6.45, 7) is 6.37. The van der Waals surface area contributed by atoms with E-state index in [0.29, 0.717) is 0 Å². The highest BCUT2D eigenvalue weighted by Gasteiger charge is 2.35. The van der Waals surface area contributed by atoms with E-state index in [1.165, 1.54) is 6.92 Å². The van der Waals surface area contributed by atoms with E-state index in [-0.39, 0.29) is 5.69 Å². The molecule has 0 spiro atoms. The first-order chi connectivity index (χ1) is 10.8. The predicted octanol–water partition coefficient (Wildman–Crippen LogP) is 3.61. The van der Waals surface area contributed by atoms with Crippen molar-refractivity contribution < 1.29 is 27.5 Å². The molecule has 1 aromatic heterocycles. The second-order valence-corrected chi connectivity index (χ2v) is 6.32. The number of hydrogen-bond acceptors (Lipinski definition) is 4. The van der Waals surface area contributed by atoms with Crippen molar-refractivity contribution in [1.82, 2.24) is 10.3 Å². The van der Waals surface area contributed by atoms with E-state index >= 15 is 0 Å². The standard InChI is InChI=1S/C14H17ClF3N3O3/c1-7(20-12(23)24-13(2,3)4)11(22)21-8-5-9(15)10(19-6-8)14(16,17)18/h5-7H,1-4H3,(H,20,23)(H,21,22)/t7-/m0/s1. The Morgan fingerprint density at radius 1 is 1.29 bits per heavy atom. The minimum Gasteiger partial charge on any atom is -0.444 e. The molecule has 0 radical (unpaired) electrons. The third-order valence-corrected chi connectivity index (χ3v) is 2.79. The highest BCUT2D eigenvalue weighted by molar-refractivity contribution is 6.31. The number of carbonyl (C=O) groups excluding carboxylic acids is 2. The van der Waals surface area contributed by atoms with Crippen molar-refractivity contribution in [3.05, 3.63) is 23.0 Å². The molecule has 1 heterocycles. The summed E-state index contributed by atoms with van der Waals surface area (Å²) in [6.07, 6.45) is -4.66. The summed E-state index contributed by atoms with van der Waals surface area (Å²) in [5, 5.41) is 3.96. The first-order valence-electron chi connectivity index (χ1n) is 6.82. The lowest BCUT2D eigenvalue weighted by Crippen LogP contribution is -2.44. The van der Waals surface area contributed by atoms with Crippen LogP contribution in [0.1, 0.15) is 33.4 Å². The summed E-state index contributed by atoms with van der Waals surface area (Å²) < 4.78 is 42.7. The number of amides is 2. The van der Waals surface area contributed by atoms with Crippen molar-refractivity contribution in [2.24, 2.45) is 0 Å². The zero-order valence-corrected chi connectivity index (χ0v) is 14.2. The van der Waals surface area contributed by atoms with Crippen LogP contribution in [0.4, 0.5) is 23.7 Å². The number of ether oxygens (including phenoxy) is 1. The molecule has 0 aliphatic rings. The maximum atomic E-state index is 12.6. The van der Waals surface area contributed by atoms with Crippen molar-refractivity contribution in [2.75, 3.05) is 5.32 Å². The number of alkyl carbamates (subject to hydrolysis) is 1. The first-order valence-corrected chi connectivity index (χ1v) is 7.20. The summed E-state index contributed by atoms with van der Waals surface area (Å²) in [7, 11) is 0. The number of nitrogens with one attached hydrogen (secondary N) is 2. The van der Waals surface area contributed by atoms with Crippen LogP contribution < -0.4 is 10.6 Å². The summed E-state index contributed by atoms with van der Waals surface area (Å²) in [4.78, 5) is 26.7. The Kier molecular flexibility index (Phi) is 6.04. The number of nitrogens with zero attached hydrogens (tertiary/aromatic N) is 1. The van der Waals surface area contributed by atoms with E-state index < -0.39 is 40.5 Å². The molecular formula is C14H17ClF3N3O3. The lowest BCUT2D eigenvalue weighted by Gasteiger charge is -2.21. The molecule has 2 amide bonds. The van der Waals surface area contributed by atoms with Gasteiger partial charge in [-0.2, -0.15) is 13.2 Å². The maximum Gasteiger partial charge on any atom is 0.434 e. The molecule has 24 heavy (non-hydrogen) atoms. The third kappa shape index (κ3) is 6.23. The van der Waals surface area contributed by atoms with E-state index in [9.17, 15) is 22.8 Å². The molecule has 6 nitrogen and oxygen atoms in total. The fraction of sp³-hybridized carbons (Fsp3) is 0.500. The Morgan fingerprint density at radius 2 is 1.88 bits per heavy atom. The molecule has 2 N–H and O–H groups in total. The molecule has 134 valence electrons. The van der Waals surface area contributed by atoms with Gasteiger partial charge in [-0.25, -0.2) is 9.78 Å². The summed E-state index contributed by atoms with van der Waals surface area (Å²) in [5.41, 5.74) is -2.01. The second-order valence-electron chi connectivity index (χ2n) is 5.91. The van der Waals surface area contributed by atoms with Gasteiger partial charge in [0.1, 0.15) is 11.6 Å². The fourth-order valence-electron chi connectivity index (χ4n) is 1.52. The molecule has 0 fully saturated rings. The normalized spacial score (nSPS) is 13.2. The van der Waals surface area contributed by atoms with Crippen LogP contribution in [0.5, 0.6) is 0 Å². The molecule has 0 aromatic carbocycles. The lowest BCUT2D eigenvalue weighted by molar-refractivity contribution is -0.141. The van der Waals surface area contributed by atoms with Crippen LogP contribution in [-0.4, -0.2) is 28.6 Å². The molecule has 1 aromatic rings. The molecule has 0 aliphatic heterocycles. The average molecular weight is 368 g/mol. The van der Waals surface area contributed by atoms with Gasteiger partial charge in [0, 0.05) is 0 Å². The molecule has 1 rings (SSSR count). The van der Waals surface area contributed by atoms with E-state index in [1.54, 1.807) is 20.8 Å². The van der Waals surface area contributed by atoms with Crippen molar-refractivity contribution in [3.63, 3.8) is 0 Å². The van der Waals surface area contributed by atoms with Gasteiger partial charge < -0.3 is 15.4 Å².